The number of phosphoric ester groups is 2. The fourth-order valence-electron chi connectivity index (χ4n) is 5.42. The van der Waals surface area contributed by atoms with Crippen LogP contribution in [0.1, 0.15) is 149 Å². The predicted molar refractivity (Wildman–Crippen MR) is 245 cm³/mol. The molecule has 0 aliphatic carbocycles. The SMILES string of the molecule is CCCCC/C=C\C/C=C\C/C=C\CCCCCCC(=O)O[C@H](COC(=O)CCC/C=C\C/C=C\C/C=C\C/C=C\CC(O)CCC)COP(=O)(O)OC[C@@H](O)COP(=O)(O)O. The molecule has 2 unspecified atom stereocenters. The van der Waals surface area contributed by atoms with E-state index in [1.165, 1.54) is 19.3 Å². The molecule has 0 radical (unpaired) electrons. The highest BCUT2D eigenvalue weighted by atomic mass is 31.2. The number of carbonyl (C=O) groups excluding carboxylic acids is 2. The van der Waals surface area contributed by atoms with Crippen molar-refractivity contribution in [2.75, 3.05) is 26.4 Å². The van der Waals surface area contributed by atoms with Crippen molar-refractivity contribution < 1.29 is 66.7 Å². The van der Waals surface area contributed by atoms with Gasteiger partial charge in [-0.3, -0.25) is 23.2 Å². The molecule has 0 spiro atoms. The van der Waals surface area contributed by atoms with Crippen LogP contribution in [0.5, 0.6) is 0 Å². The summed E-state index contributed by atoms with van der Waals surface area (Å²) in [6.45, 7) is 1.42. The largest absolute Gasteiger partial charge is 0.472 e. The summed E-state index contributed by atoms with van der Waals surface area (Å²) in [4.78, 5) is 52.7. The zero-order valence-electron chi connectivity index (χ0n) is 37.3. The molecule has 14 nitrogen and oxygen atoms in total. The first kappa shape index (κ1) is 59.3. The topological polar surface area (TPSA) is 216 Å². The molecule has 0 aromatic heterocycles. The van der Waals surface area contributed by atoms with Crippen molar-refractivity contribution >= 4 is 27.6 Å². The van der Waals surface area contributed by atoms with Crippen LogP contribution in [-0.2, 0) is 41.8 Å². The Hall–Kier alpha value is -2.74. The first-order valence-electron chi connectivity index (χ1n) is 22.4. The summed E-state index contributed by atoms with van der Waals surface area (Å²) in [6.07, 6.45) is 43.5. The first-order chi connectivity index (χ1) is 29.8. The smallest absolute Gasteiger partial charge is 0.462 e. The lowest BCUT2D eigenvalue weighted by Gasteiger charge is -2.20. The van der Waals surface area contributed by atoms with Crippen LogP contribution in [0.4, 0.5) is 0 Å². The van der Waals surface area contributed by atoms with Gasteiger partial charge in [0.25, 0.3) is 0 Å². The Morgan fingerprint density at radius 2 is 0.968 bits per heavy atom. The fourth-order valence-corrected chi connectivity index (χ4v) is 6.58. The van der Waals surface area contributed by atoms with E-state index in [2.05, 4.69) is 89.7 Å². The number of rotatable bonds is 41. The van der Waals surface area contributed by atoms with Gasteiger partial charge in [-0.25, -0.2) is 9.13 Å². The lowest BCUT2D eigenvalue weighted by molar-refractivity contribution is -0.161. The van der Waals surface area contributed by atoms with E-state index < -0.39 is 66.2 Å². The van der Waals surface area contributed by atoms with Gasteiger partial charge in [-0.05, 0) is 89.9 Å². The van der Waals surface area contributed by atoms with Crippen LogP contribution in [0.25, 0.3) is 0 Å². The number of hydrogen-bond donors (Lipinski definition) is 5. The highest BCUT2D eigenvalue weighted by molar-refractivity contribution is 7.47. The van der Waals surface area contributed by atoms with Gasteiger partial charge < -0.3 is 34.4 Å². The van der Waals surface area contributed by atoms with Crippen molar-refractivity contribution in [2.24, 2.45) is 0 Å². The van der Waals surface area contributed by atoms with E-state index in [4.69, 9.17) is 23.8 Å². The summed E-state index contributed by atoms with van der Waals surface area (Å²) < 4.78 is 47.7. The highest BCUT2D eigenvalue weighted by Crippen LogP contribution is 2.43. The third-order valence-electron chi connectivity index (χ3n) is 8.80. The van der Waals surface area contributed by atoms with Crippen molar-refractivity contribution in [1.82, 2.24) is 0 Å². The molecule has 0 saturated carbocycles. The molecule has 0 heterocycles. The highest BCUT2D eigenvalue weighted by Gasteiger charge is 2.28. The maximum atomic E-state index is 12.7. The Bertz CT molecular complexity index is 1430. The molecule has 0 aliphatic heterocycles. The van der Waals surface area contributed by atoms with Gasteiger partial charge in [0.15, 0.2) is 6.10 Å². The van der Waals surface area contributed by atoms with Gasteiger partial charge in [-0.1, -0.05) is 131 Å². The summed E-state index contributed by atoms with van der Waals surface area (Å²) in [7, 11) is -9.72. The molecule has 356 valence electrons. The van der Waals surface area contributed by atoms with Gasteiger partial charge in [-0.2, -0.15) is 0 Å². The Labute approximate surface area is 371 Å². The molecule has 0 bridgehead atoms. The van der Waals surface area contributed by atoms with E-state index in [1.807, 2.05) is 18.2 Å². The van der Waals surface area contributed by atoms with E-state index in [0.717, 1.165) is 77.0 Å². The molecule has 0 fully saturated rings. The molecule has 4 atom stereocenters. The van der Waals surface area contributed by atoms with E-state index in [-0.39, 0.29) is 18.9 Å². The maximum absolute atomic E-state index is 12.7. The number of phosphoric acid groups is 2. The van der Waals surface area contributed by atoms with Crippen LogP contribution < -0.4 is 0 Å². The molecular formula is C46H78O14P2. The van der Waals surface area contributed by atoms with E-state index in [1.54, 1.807) is 0 Å². The zero-order valence-corrected chi connectivity index (χ0v) is 39.1. The maximum Gasteiger partial charge on any atom is 0.472 e. The molecule has 0 saturated heterocycles. The number of hydrogen-bond acceptors (Lipinski definition) is 11. The molecule has 62 heavy (non-hydrogen) atoms. The van der Waals surface area contributed by atoms with Crippen LogP contribution in [0.2, 0.25) is 0 Å². The molecule has 5 N–H and O–H groups in total. The summed E-state index contributed by atoms with van der Waals surface area (Å²) in [5.41, 5.74) is 0. The first-order valence-corrected chi connectivity index (χ1v) is 25.4. The number of ether oxygens (including phenoxy) is 2. The summed E-state index contributed by atoms with van der Waals surface area (Å²) >= 11 is 0. The Morgan fingerprint density at radius 1 is 0.500 bits per heavy atom. The number of unbranched alkanes of at least 4 members (excludes halogenated alkanes) is 8. The molecule has 0 aromatic carbocycles. The summed E-state index contributed by atoms with van der Waals surface area (Å²) in [5, 5.41) is 19.5. The summed E-state index contributed by atoms with van der Waals surface area (Å²) in [6, 6.07) is 0. The number of carbonyl (C=O) groups is 2. The van der Waals surface area contributed by atoms with Crippen molar-refractivity contribution in [3.8, 4) is 0 Å². The minimum Gasteiger partial charge on any atom is -0.462 e. The van der Waals surface area contributed by atoms with E-state index >= 15 is 0 Å². The van der Waals surface area contributed by atoms with Gasteiger partial charge in [0.2, 0.25) is 0 Å². The third-order valence-corrected chi connectivity index (χ3v) is 10.2. The quantitative estimate of drug-likeness (QED) is 0.0167. The van der Waals surface area contributed by atoms with Gasteiger partial charge in [0.05, 0.1) is 25.9 Å². The van der Waals surface area contributed by atoms with Crippen molar-refractivity contribution in [3.63, 3.8) is 0 Å². The van der Waals surface area contributed by atoms with Gasteiger partial charge >= 0.3 is 27.6 Å². The number of aliphatic hydroxyl groups is 2. The molecule has 0 aliphatic rings. The van der Waals surface area contributed by atoms with Crippen LogP contribution in [0.3, 0.4) is 0 Å². The molecule has 16 heteroatoms. The van der Waals surface area contributed by atoms with Crippen LogP contribution in [-0.4, -0.2) is 81.6 Å². The standard InChI is InChI=1S/C46H78O14P2/c1-3-5-6-7-8-9-10-11-12-13-14-17-21-24-27-30-33-37-46(50)60-44(41-59-62(54,55)58-39-43(48)38-57-61(51,52)53)40-56-45(49)36-32-29-26-23-20-18-15-16-19-22-25-28-31-35-42(47)34-4-2/h8-9,11-12,14-15,17-19,22-23,26,28,31,42-44,47-48H,3-7,10,13,16,20-21,24-25,27,29-30,32-41H2,1-2H3,(H,54,55)(H2,51,52,53)/b9-8-,12-11-,17-14-,18-15-,22-19-,26-23-,31-28-/t42?,43-,44+/m0/s1. The monoisotopic (exact) mass is 916 g/mol. The van der Waals surface area contributed by atoms with Crippen molar-refractivity contribution in [1.29, 1.82) is 0 Å². The molecular weight excluding hydrogens is 838 g/mol. The number of aliphatic hydroxyl groups excluding tert-OH is 2. The minimum atomic E-state index is -4.88. The Morgan fingerprint density at radius 3 is 1.52 bits per heavy atom. The minimum absolute atomic E-state index is 0.0820. The number of allylic oxidation sites excluding steroid dienone is 13. The normalized spacial score (nSPS) is 15.3. The average molecular weight is 917 g/mol. The Kier molecular flexibility index (Phi) is 39.2. The van der Waals surface area contributed by atoms with Crippen molar-refractivity contribution in [2.45, 2.75) is 167 Å². The fraction of sp³-hybridized carbons (Fsp3) is 0.652. The molecule has 0 rings (SSSR count). The van der Waals surface area contributed by atoms with Gasteiger partial charge in [0.1, 0.15) is 12.7 Å². The van der Waals surface area contributed by atoms with Gasteiger partial charge in [0, 0.05) is 12.8 Å². The lowest BCUT2D eigenvalue weighted by atomic mass is 10.1. The van der Waals surface area contributed by atoms with Crippen LogP contribution in [0.15, 0.2) is 85.1 Å². The number of esters is 2. The lowest BCUT2D eigenvalue weighted by Crippen LogP contribution is -2.30. The zero-order chi connectivity index (χ0) is 46.0. The second-order valence-electron chi connectivity index (χ2n) is 14.8. The Balaban J connectivity index is 4.67. The van der Waals surface area contributed by atoms with Crippen LogP contribution in [0, 0.1) is 0 Å². The van der Waals surface area contributed by atoms with Gasteiger partial charge in [-0.15, -0.1) is 0 Å². The second kappa shape index (κ2) is 41.0. The van der Waals surface area contributed by atoms with Crippen LogP contribution >= 0.6 is 15.6 Å². The predicted octanol–water partition coefficient (Wildman–Crippen LogP) is 10.5. The average Bonchev–Trinajstić information content (AvgIpc) is 3.22. The molecule has 0 aromatic rings. The van der Waals surface area contributed by atoms with Crippen molar-refractivity contribution in [3.05, 3.63) is 85.1 Å². The second-order valence-corrected chi connectivity index (χ2v) is 17.5. The third kappa shape index (κ3) is 43.9. The summed E-state index contributed by atoms with van der Waals surface area (Å²) in [5.74, 6) is -1.15. The van der Waals surface area contributed by atoms with E-state index in [9.17, 15) is 33.8 Å². The molecule has 0 amide bonds. The van der Waals surface area contributed by atoms with E-state index in [0.29, 0.717) is 25.7 Å².